The van der Waals surface area contributed by atoms with Crippen molar-refractivity contribution in [3.63, 3.8) is 0 Å². The van der Waals surface area contributed by atoms with Crippen molar-refractivity contribution in [1.29, 1.82) is 0 Å². The Morgan fingerprint density at radius 2 is 2.11 bits per heavy atom. The van der Waals surface area contributed by atoms with Gasteiger partial charge in [-0.25, -0.2) is 4.98 Å². The van der Waals surface area contributed by atoms with Crippen molar-refractivity contribution in [2.45, 2.75) is 19.4 Å². The summed E-state index contributed by atoms with van der Waals surface area (Å²) >= 11 is 1.58. The second kappa shape index (κ2) is 5.24. The van der Waals surface area contributed by atoms with Crippen LogP contribution in [0, 0.1) is 17.0 Å². The topological polar surface area (TPSA) is 82.0 Å². The van der Waals surface area contributed by atoms with Gasteiger partial charge >= 0.3 is 0 Å². The molecule has 0 saturated carbocycles. The molecule has 0 radical (unpaired) electrons. The van der Waals surface area contributed by atoms with E-state index in [1.165, 1.54) is 12.1 Å². The monoisotopic (exact) mass is 263 g/mol. The Morgan fingerprint density at radius 3 is 2.61 bits per heavy atom. The Morgan fingerprint density at radius 1 is 1.44 bits per heavy atom. The molecule has 1 aromatic heterocycles. The highest BCUT2D eigenvalue weighted by Crippen LogP contribution is 2.22. The van der Waals surface area contributed by atoms with Crippen LogP contribution in [-0.4, -0.2) is 9.91 Å². The number of aryl methyl sites for hydroxylation is 1. The van der Waals surface area contributed by atoms with E-state index in [1.807, 2.05) is 6.92 Å². The summed E-state index contributed by atoms with van der Waals surface area (Å²) in [6.07, 6.45) is 2.44. The van der Waals surface area contributed by atoms with Crippen LogP contribution in [0.2, 0.25) is 0 Å². The molecule has 0 amide bonds. The second-order valence-electron chi connectivity index (χ2n) is 4.02. The molecular weight excluding hydrogens is 250 g/mol. The molecule has 1 aromatic carbocycles. The third-order valence-corrected chi connectivity index (χ3v) is 3.65. The fourth-order valence-corrected chi connectivity index (χ4v) is 2.44. The summed E-state index contributed by atoms with van der Waals surface area (Å²) in [5.41, 5.74) is 7.16. The Balaban J connectivity index is 2.07. The molecule has 0 aliphatic carbocycles. The van der Waals surface area contributed by atoms with Crippen molar-refractivity contribution in [2.75, 3.05) is 0 Å². The van der Waals surface area contributed by atoms with E-state index in [4.69, 9.17) is 5.73 Å². The normalized spacial score (nSPS) is 12.3. The van der Waals surface area contributed by atoms with Crippen molar-refractivity contribution in [2.24, 2.45) is 5.73 Å². The van der Waals surface area contributed by atoms with Crippen molar-refractivity contribution in [3.05, 3.63) is 56.0 Å². The zero-order chi connectivity index (χ0) is 13.1. The summed E-state index contributed by atoms with van der Waals surface area (Å²) < 4.78 is 0. The van der Waals surface area contributed by atoms with Crippen molar-refractivity contribution >= 4 is 17.0 Å². The zero-order valence-corrected chi connectivity index (χ0v) is 10.7. The molecule has 18 heavy (non-hydrogen) atoms. The number of hydrogen-bond donors (Lipinski definition) is 1. The van der Waals surface area contributed by atoms with Gasteiger partial charge in [-0.3, -0.25) is 10.1 Å². The maximum atomic E-state index is 10.5. The van der Waals surface area contributed by atoms with Crippen LogP contribution in [0.1, 0.15) is 21.5 Å². The minimum absolute atomic E-state index is 0.0981. The number of nitro benzene ring substituents is 1. The summed E-state index contributed by atoms with van der Waals surface area (Å²) in [5, 5.41) is 11.5. The van der Waals surface area contributed by atoms with Crippen LogP contribution in [0.3, 0.4) is 0 Å². The molecule has 0 spiro atoms. The van der Waals surface area contributed by atoms with Crippen molar-refractivity contribution < 1.29 is 4.92 Å². The van der Waals surface area contributed by atoms with Gasteiger partial charge in [-0.2, -0.15) is 0 Å². The third-order valence-electron chi connectivity index (χ3n) is 2.61. The van der Waals surface area contributed by atoms with Gasteiger partial charge in [-0.05, 0) is 18.9 Å². The van der Waals surface area contributed by atoms with E-state index >= 15 is 0 Å². The fraction of sp³-hybridized carbons (Fsp3) is 0.250. The highest BCUT2D eigenvalue weighted by Gasteiger charge is 2.11. The summed E-state index contributed by atoms with van der Waals surface area (Å²) in [6.45, 7) is 1.94. The summed E-state index contributed by atoms with van der Waals surface area (Å²) in [5.74, 6) is 0. The van der Waals surface area contributed by atoms with Crippen molar-refractivity contribution in [3.8, 4) is 0 Å². The van der Waals surface area contributed by atoms with Crippen LogP contribution in [0.15, 0.2) is 30.5 Å². The molecule has 5 nitrogen and oxygen atoms in total. The van der Waals surface area contributed by atoms with Crippen molar-refractivity contribution in [1.82, 2.24) is 4.98 Å². The van der Waals surface area contributed by atoms with Crippen LogP contribution in [0.4, 0.5) is 5.69 Å². The van der Waals surface area contributed by atoms with Gasteiger partial charge in [0.15, 0.2) is 0 Å². The summed E-state index contributed by atoms with van der Waals surface area (Å²) in [4.78, 5) is 15.3. The molecule has 6 heteroatoms. The average Bonchev–Trinajstić information content (AvgIpc) is 2.76. The molecule has 2 aromatic rings. The highest BCUT2D eigenvalue weighted by molar-refractivity contribution is 7.11. The molecule has 0 saturated heterocycles. The maximum Gasteiger partial charge on any atom is 0.269 e. The number of nitrogens with zero attached hydrogens (tertiary/aromatic N) is 2. The molecule has 2 rings (SSSR count). The lowest BCUT2D eigenvalue weighted by Gasteiger charge is -2.08. The van der Waals surface area contributed by atoms with Gasteiger partial charge in [0.25, 0.3) is 5.69 Å². The van der Waals surface area contributed by atoms with E-state index in [-0.39, 0.29) is 11.7 Å². The second-order valence-corrected chi connectivity index (χ2v) is 5.28. The van der Waals surface area contributed by atoms with Gasteiger partial charge in [-0.1, -0.05) is 12.1 Å². The minimum Gasteiger partial charge on any atom is -0.323 e. The molecule has 0 bridgehead atoms. The molecule has 1 heterocycles. The van der Waals surface area contributed by atoms with Crippen LogP contribution in [-0.2, 0) is 6.42 Å². The number of nitro groups is 1. The number of thiazole rings is 1. The lowest BCUT2D eigenvalue weighted by molar-refractivity contribution is -0.384. The number of non-ortho nitro benzene ring substituents is 1. The first-order valence-electron chi connectivity index (χ1n) is 5.47. The predicted molar refractivity (Wildman–Crippen MR) is 70.6 cm³/mol. The van der Waals surface area contributed by atoms with E-state index in [9.17, 15) is 10.1 Å². The average molecular weight is 263 g/mol. The first-order valence-corrected chi connectivity index (χ1v) is 6.29. The molecule has 94 valence electrons. The Kier molecular flexibility index (Phi) is 3.69. The van der Waals surface area contributed by atoms with Gasteiger partial charge in [-0.15, -0.1) is 11.3 Å². The first-order chi connectivity index (χ1) is 8.56. The van der Waals surface area contributed by atoms with Crippen LogP contribution < -0.4 is 5.73 Å². The minimum atomic E-state index is -0.406. The Labute approximate surface area is 108 Å². The van der Waals surface area contributed by atoms with E-state index in [0.717, 1.165) is 15.4 Å². The SMILES string of the molecule is Cc1ncc(C(N)Cc2ccc([N+](=O)[O-])cc2)s1. The molecule has 0 aliphatic heterocycles. The van der Waals surface area contributed by atoms with Crippen LogP contribution in [0.25, 0.3) is 0 Å². The predicted octanol–water partition coefficient (Wildman–Crippen LogP) is 2.60. The van der Waals surface area contributed by atoms with Crippen LogP contribution in [0.5, 0.6) is 0 Å². The van der Waals surface area contributed by atoms with Gasteiger partial charge in [0.05, 0.1) is 9.93 Å². The maximum absolute atomic E-state index is 10.5. The van der Waals surface area contributed by atoms with E-state index in [2.05, 4.69) is 4.98 Å². The fourth-order valence-electron chi connectivity index (χ4n) is 1.66. The number of benzene rings is 1. The molecule has 1 unspecified atom stereocenters. The first kappa shape index (κ1) is 12.7. The summed E-state index contributed by atoms with van der Waals surface area (Å²) in [6, 6.07) is 6.37. The van der Waals surface area contributed by atoms with Crippen LogP contribution >= 0.6 is 11.3 Å². The molecule has 2 N–H and O–H groups in total. The third kappa shape index (κ3) is 2.91. The Bertz CT molecular complexity index is 551. The van der Waals surface area contributed by atoms with Gasteiger partial charge in [0.2, 0.25) is 0 Å². The Hall–Kier alpha value is -1.79. The van der Waals surface area contributed by atoms with E-state index in [1.54, 1.807) is 29.7 Å². The lowest BCUT2D eigenvalue weighted by Crippen LogP contribution is -2.11. The quantitative estimate of drug-likeness (QED) is 0.679. The number of rotatable bonds is 4. The molecule has 1 atom stereocenters. The highest BCUT2D eigenvalue weighted by atomic mass is 32.1. The molecule has 0 aliphatic rings. The molecule has 0 fully saturated rings. The van der Waals surface area contributed by atoms with Gasteiger partial charge in [0.1, 0.15) is 0 Å². The number of nitrogens with two attached hydrogens (primary N) is 1. The summed E-state index contributed by atoms with van der Waals surface area (Å²) in [7, 11) is 0. The largest absolute Gasteiger partial charge is 0.323 e. The number of hydrogen-bond acceptors (Lipinski definition) is 5. The zero-order valence-electron chi connectivity index (χ0n) is 9.87. The van der Waals surface area contributed by atoms with Gasteiger partial charge < -0.3 is 5.73 Å². The van der Waals surface area contributed by atoms with Gasteiger partial charge in [0, 0.05) is 29.2 Å². The number of aromatic nitrogens is 1. The standard InChI is InChI=1S/C12H13N3O2S/c1-8-14-7-12(18-8)11(13)6-9-2-4-10(5-3-9)15(16)17/h2-5,7,11H,6,13H2,1H3. The lowest BCUT2D eigenvalue weighted by atomic mass is 10.1. The van der Waals surface area contributed by atoms with E-state index in [0.29, 0.717) is 6.42 Å². The molecular formula is C12H13N3O2S. The van der Waals surface area contributed by atoms with E-state index < -0.39 is 4.92 Å². The smallest absolute Gasteiger partial charge is 0.269 e.